The molecule has 0 bridgehead atoms. The zero-order valence-electron chi connectivity index (χ0n) is 16.9. The lowest BCUT2D eigenvalue weighted by Gasteiger charge is -2.18. The van der Waals surface area contributed by atoms with Gasteiger partial charge >= 0.3 is 0 Å². The van der Waals surface area contributed by atoms with Gasteiger partial charge in [-0.15, -0.1) is 0 Å². The van der Waals surface area contributed by atoms with Gasteiger partial charge in [-0.25, -0.2) is 4.98 Å². The number of aromatic amines is 1. The van der Waals surface area contributed by atoms with E-state index in [0.29, 0.717) is 35.2 Å². The number of amides is 1. The number of rotatable bonds is 7. The lowest BCUT2D eigenvalue weighted by Crippen LogP contribution is -2.26. The van der Waals surface area contributed by atoms with Gasteiger partial charge in [-0.1, -0.05) is 19.9 Å². The fourth-order valence-electron chi connectivity index (χ4n) is 2.84. The number of aryl methyl sites for hydroxylation is 1. The van der Waals surface area contributed by atoms with E-state index in [1.807, 2.05) is 32.0 Å². The van der Waals surface area contributed by atoms with Crippen molar-refractivity contribution in [3.05, 3.63) is 47.3 Å². The van der Waals surface area contributed by atoms with Crippen LogP contribution in [0.2, 0.25) is 0 Å². The Morgan fingerprint density at radius 2 is 2.00 bits per heavy atom. The van der Waals surface area contributed by atoms with Gasteiger partial charge in [-0.3, -0.25) is 9.89 Å². The van der Waals surface area contributed by atoms with Crippen LogP contribution in [0.4, 0.5) is 0 Å². The first-order valence-electron chi connectivity index (χ1n) is 9.31. The minimum atomic E-state index is -0.207. The number of hydrogen-bond donors (Lipinski definition) is 2. The molecule has 0 radical (unpaired) electrons. The molecule has 7 heteroatoms. The van der Waals surface area contributed by atoms with Crippen LogP contribution in [-0.2, 0) is 0 Å². The molecule has 0 spiro atoms. The number of H-pyrrole nitrogens is 1. The Morgan fingerprint density at radius 1 is 1.21 bits per heavy atom. The Balaban J connectivity index is 1.74. The average molecular weight is 382 g/mol. The van der Waals surface area contributed by atoms with Gasteiger partial charge in [0.1, 0.15) is 0 Å². The second-order valence-electron chi connectivity index (χ2n) is 7.25. The van der Waals surface area contributed by atoms with Crippen LogP contribution >= 0.6 is 0 Å². The number of methoxy groups -OCH3 is 1. The molecular weight excluding hydrogens is 356 g/mol. The summed E-state index contributed by atoms with van der Waals surface area (Å²) < 4.78 is 11.2. The van der Waals surface area contributed by atoms with Crippen molar-refractivity contribution < 1.29 is 14.3 Å². The van der Waals surface area contributed by atoms with Gasteiger partial charge in [0, 0.05) is 17.3 Å². The van der Waals surface area contributed by atoms with Crippen LogP contribution in [0.5, 0.6) is 11.5 Å². The van der Waals surface area contributed by atoms with Gasteiger partial charge in [0.2, 0.25) is 0 Å². The molecule has 28 heavy (non-hydrogen) atoms. The molecule has 3 aromatic rings. The maximum atomic E-state index is 12.7. The van der Waals surface area contributed by atoms with Crippen molar-refractivity contribution in [3.63, 3.8) is 0 Å². The van der Waals surface area contributed by atoms with Gasteiger partial charge in [-0.2, -0.15) is 5.10 Å². The van der Waals surface area contributed by atoms with E-state index < -0.39 is 0 Å². The van der Waals surface area contributed by atoms with E-state index in [2.05, 4.69) is 34.3 Å². The molecule has 0 saturated heterocycles. The van der Waals surface area contributed by atoms with Crippen molar-refractivity contribution in [2.45, 2.75) is 33.7 Å². The van der Waals surface area contributed by atoms with Crippen molar-refractivity contribution in [2.24, 2.45) is 5.92 Å². The van der Waals surface area contributed by atoms with Crippen LogP contribution in [0, 0.1) is 12.8 Å². The number of pyridine rings is 1. The Labute approximate surface area is 164 Å². The molecule has 0 saturated carbocycles. The third-order valence-electron chi connectivity index (χ3n) is 4.47. The number of nitrogens with one attached hydrogen (secondary N) is 2. The minimum Gasteiger partial charge on any atom is -0.493 e. The summed E-state index contributed by atoms with van der Waals surface area (Å²) in [6, 6.07) is 7.29. The fourth-order valence-corrected chi connectivity index (χ4v) is 2.84. The number of benzene rings is 1. The molecule has 7 nitrogen and oxygen atoms in total. The highest BCUT2D eigenvalue weighted by Gasteiger charge is 2.16. The quantitative estimate of drug-likeness (QED) is 0.649. The third-order valence-corrected chi connectivity index (χ3v) is 4.47. The molecule has 2 heterocycles. The second-order valence-corrected chi connectivity index (χ2v) is 7.25. The number of ether oxygens (including phenoxy) is 2. The van der Waals surface area contributed by atoms with Gasteiger partial charge in [-0.05, 0) is 43.5 Å². The smallest absolute Gasteiger partial charge is 0.253 e. The molecule has 1 aromatic carbocycles. The topological polar surface area (TPSA) is 89.1 Å². The van der Waals surface area contributed by atoms with E-state index in [4.69, 9.17) is 9.47 Å². The lowest BCUT2D eigenvalue weighted by molar-refractivity contribution is 0.0939. The largest absolute Gasteiger partial charge is 0.493 e. The predicted molar refractivity (Wildman–Crippen MR) is 108 cm³/mol. The Bertz CT molecular complexity index is 981. The molecule has 2 aromatic heterocycles. The maximum Gasteiger partial charge on any atom is 0.253 e. The first-order chi connectivity index (χ1) is 13.4. The molecule has 2 N–H and O–H groups in total. The van der Waals surface area contributed by atoms with Crippen LogP contribution in [0.25, 0.3) is 11.0 Å². The molecule has 1 amide bonds. The van der Waals surface area contributed by atoms with Crippen molar-refractivity contribution in [1.29, 1.82) is 0 Å². The van der Waals surface area contributed by atoms with Crippen molar-refractivity contribution in [3.8, 4) is 11.5 Å². The molecule has 1 atom stereocenters. The Morgan fingerprint density at radius 3 is 2.71 bits per heavy atom. The normalized spacial score (nSPS) is 12.2. The summed E-state index contributed by atoms with van der Waals surface area (Å²) in [5.41, 5.74) is 2.90. The maximum absolute atomic E-state index is 12.7. The summed E-state index contributed by atoms with van der Waals surface area (Å²) in [6.45, 7) is 8.63. The molecule has 0 aliphatic heterocycles. The Kier molecular flexibility index (Phi) is 5.82. The molecule has 148 valence electrons. The summed E-state index contributed by atoms with van der Waals surface area (Å²) >= 11 is 0. The van der Waals surface area contributed by atoms with E-state index in [0.717, 1.165) is 16.6 Å². The van der Waals surface area contributed by atoms with E-state index in [9.17, 15) is 4.79 Å². The van der Waals surface area contributed by atoms with E-state index in [1.54, 1.807) is 13.2 Å². The summed E-state index contributed by atoms with van der Waals surface area (Å²) in [5.74, 6) is 1.58. The predicted octanol–water partition coefficient (Wildman–Crippen LogP) is 3.80. The van der Waals surface area contributed by atoms with Gasteiger partial charge in [0.15, 0.2) is 17.1 Å². The van der Waals surface area contributed by atoms with Gasteiger partial charge in [0.05, 0.1) is 25.3 Å². The zero-order chi connectivity index (χ0) is 20.3. The highest BCUT2D eigenvalue weighted by Crippen LogP contribution is 2.30. The van der Waals surface area contributed by atoms with Crippen LogP contribution < -0.4 is 14.8 Å². The highest BCUT2D eigenvalue weighted by molar-refractivity contribution is 5.97. The minimum absolute atomic E-state index is 0.193. The third kappa shape index (κ3) is 4.24. The average Bonchev–Trinajstić information content (AvgIpc) is 3.06. The van der Waals surface area contributed by atoms with Crippen LogP contribution in [0.1, 0.15) is 48.4 Å². The van der Waals surface area contributed by atoms with Crippen LogP contribution in [0.15, 0.2) is 30.5 Å². The molecule has 1 unspecified atom stereocenters. The van der Waals surface area contributed by atoms with Crippen LogP contribution in [-0.4, -0.2) is 34.8 Å². The molecule has 0 aliphatic rings. The first-order valence-corrected chi connectivity index (χ1v) is 9.31. The fraction of sp³-hybridized carbons (Fsp3) is 0.381. The standard InChI is InChI=1S/C21H26N4O3/c1-12(2)11-28-18-7-6-15(9-19(18)27-5)13(3)23-21(26)16-8-17-14(4)24-25-20(17)22-10-16/h6-10,12-13H,11H2,1-5H3,(H,23,26)(H,22,24,25). The molecular formula is C21H26N4O3. The van der Waals surface area contributed by atoms with Gasteiger partial charge in [0.25, 0.3) is 5.91 Å². The second kappa shape index (κ2) is 8.29. The highest BCUT2D eigenvalue weighted by atomic mass is 16.5. The number of nitrogens with zero attached hydrogens (tertiary/aromatic N) is 2. The number of hydrogen-bond acceptors (Lipinski definition) is 5. The SMILES string of the molecule is COc1cc(C(C)NC(=O)c2cnc3n[nH]c(C)c3c2)ccc1OCC(C)C. The molecule has 3 rings (SSSR count). The summed E-state index contributed by atoms with van der Waals surface area (Å²) in [4.78, 5) is 16.9. The lowest BCUT2D eigenvalue weighted by atomic mass is 10.1. The number of fused-ring (bicyclic) bond motifs is 1. The van der Waals surface area contributed by atoms with E-state index >= 15 is 0 Å². The van der Waals surface area contributed by atoms with Crippen molar-refractivity contribution in [2.75, 3.05) is 13.7 Å². The van der Waals surface area contributed by atoms with Crippen molar-refractivity contribution >= 4 is 16.9 Å². The number of carbonyl (C=O) groups is 1. The van der Waals surface area contributed by atoms with Crippen LogP contribution in [0.3, 0.4) is 0 Å². The summed E-state index contributed by atoms with van der Waals surface area (Å²) in [6.07, 6.45) is 1.54. The molecule has 0 aliphatic carbocycles. The summed E-state index contributed by atoms with van der Waals surface area (Å²) in [5, 5.41) is 10.8. The summed E-state index contributed by atoms with van der Waals surface area (Å²) in [7, 11) is 1.61. The monoisotopic (exact) mass is 382 g/mol. The number of aromatic nitrogens is 3. The van der Waals surface area contributed by atoms with E-state index in [-0.39, 0.29) is 11.9 Å². The zero-order valence-corrected chi connectivity index (χ0v) is 16.9. The van der Waals surface area contributed by atoms with Gasteiger partial charge < -0.3 is 14.8 Å². The first kappa shape index (κ1) is 19.7. The van der Waals surface area contributed by atoms with E-state index in [1.165, 1.54) is 6.20 Å². The Hall–Kier alpha value is -3.09. The van der Waals surface area contributed by atoms with Crippen molar-refractivity contribution in [1.82, 2.24) is 20.5 Å². The number of carbonyl (C=O) groups excluding carboxylic acids is 1. The molecule has 0 fully saturated rings.